The number of carbonyl (C=O) groups is 2. The van der Waals surface area contributed by atoms with Crippen molar-refractivity contribution in [3.63, 3.8) is 0 Å². The van der Waals surface area contributed by atoms with Crippen molar-refractivity contribution in [2.24, 2.45) is 0 Å². The molecule has 0 aliphatic heterocycles. The summed E-state index contributed by atoms with van der Waals surface area (Å²) in [4.78, 5) is 21.3. The number of rotatable bonds is 7. The van der Waals surface area contributed by atoms with Crippen molar-refractivity contribution >= 4 is 23.5 Å². The number of alkyl halides is 7. The first-order chi connectivity index (χ1) is 15.6. The molecule has 2 rings (SSSR count). The fourth-order valence-corrected chi connectivity index (χ4v) is 3.06. The van der Waals surface area contributed by atoms with Crippen LogP contribution in [0.15, 0.2) is 36.4 Å². The van der Waals surface area contributed by atoms with Crippen molar-refractivity contribution in [1.82, 2.24) is 0 Å². The Bertz CT molecular complexity index is 1010. The first-order valence-corrected chi connectivity index (χ1v) is 9.84. The van der Waals surface area contributed by atoms with Gasteiger partial charge in [-0.05, 0) is 48.2 Å². The second kappa shape index (κ2) is 12.0. The highest BCUT2D eigenvalue weighted by Crippen LogP contribution is 2.37. The molecule has 13 heteroatoms. The van der Waals surface area contributed by atoms with E-state index >= 15 is 0 Å². The van der Waals surface area contributed by atoms with E-state index in [-0.39, 0.29) is 24.8 Å². The van der Waals surface area contributed by atoms with E-state index in [1.54, 1.807) is 0 Å². The quantitative estimate of drug-likeness (QED) is 0.323. The van der Waals surface area contributed by atoms with E-state index in [0.717, 1.165) is 24.3 Å². The van der Waals surface area contributed by atoms with Crippen LogP contribution in [0.2, 0.25) is 0 Å². The Morgan fingerprint density at radius 1 is 0.853 bits per heavy atom. The van der Waals surface area contributed by atoms with Gasteiger partial charge in [0, 0.05) is 5.88 Å². The summed E-state index contributed by atoms with van der Waals surface area (Å²) < 4.78 is 101. The third-order valence-corrected chi connectivity index (χ3v) is 4.61. The lowest BCUT2D eigenvalue weighted by Crippen LogP contribution is -2.18. The highest BCUT2D eigenvalue weighted by atomic mass is 35.5. The maximum atomic E-state index is 12.9. The van der Waals surface area contributed by atoms with Gasteiger partial charge in [0.15, 0.2) is 0 Å². The minimum Gasteiger partial charge on any atom is -0.481 e. The Kier molecular flexibility index (Phi) is 10.3. The molecule has 0 fully saturated rings. The molecule has 34 heavy (non-hydrogen) atoms. The van der Waals surface area contributed by atoms with Gasteiger partial charge in [-0.3, -0.25) is 9.59 Å². The third-order valence-electron chi connectivity index (χ3n) is 4.34. The van der Waals surface area contributed by atoms with Crippen LogP contribution in [0.4, 0.5) is 35.1 Å². The Hall–Kier alpha value is -2.89. The number of benzene rings is 2. The maximum Gasteiger partial charge on any atom is 0.416 e. The minimum atomic E-state index is -4.80. The summed E-state index contributed by atoms with van der Waals surface area (Å²) in [6.45, 7) is 0. The van der Waals surface area contributed by atoms with E-state index in [0.29, 0.717) is 6.07 Å². The van der Waals surface area contributed by atoms with Crippen molar-refractivity contribution in [2.75, 3.05) is 5.88 Å². The summed E-state index contributed by atoms with van der Waals surface area (Å²) in [5.41, 5.74) is -3.39. The van der Waals surface area contributed by atoms with Crippen LogP contribution in [0.3, 0.4) is 0 Å². The second-order valence-electron chi connectivity index (χ2n) is 6.82. The molecule has 2 aromatic carbocycles. The molecule has 4 nitrogen and oxygen atoms in total. The molecule has 0 bridgehead atoms. The Balaban J connectivity index is 0.000000350. The molecule has 0 saturated carbocycles. The monoisotopic (exact) mass is 520 g/mol. The standard InChI is InChI=1S/C12H11ClF4O2.C9H6F4O2/c13-5-1-2-9(11(18)19)8-4-3-7(14)6-10(8)12(15,16)17;10-6-2-1-5(3-8(14)15)7(4-6)9(11,12)13/h3-4,6,9H,1-2,5H2,(H,18,19);1-2,4H,3H2,(H,14,15). The number of aliphatic carboxylic acids is 2. The molecule has 0 spiro atoms. The molecular formula is C21H17ClF8O4. The molecule has 0 heterocycles. The molecule has 0 radical (unpaired) electrons. The number of carboxylic acid groups (broad SMARTS) is 2. The molecular weight excluding hydrogens is 504 g/mol. The highest BCUT2D eigenvalue weighted by Gasteiger charge is 2.37. The molecule has 188 valence electrons. The van der Waals surface area contributed by atoms with Gasteiger partial charge >= 0.3 is 24.3 Å². The number of halogens is 9. The third kappa shape index (κ3) is 8.81. The van der Waals surface area contributed by atoms with E-state index in [1.807, 2.05) is 0 Å². The van der Waals surface area contributed by atoms with Crippen molar-refractivity contribution in [3.8, 4) is 0 Å². The van der Waals surface area contributed by atoms with Gasteiger partial charge in [0.1, 0.15) is 11.6 Å². The molecule has 0 amide bonds. The second-order valence-corrected chi connectivity index (χ2v) is 7.20. The topological polar surface area (TPSA) is 74.6 Å². The van der Waals surface area contributed by atoms with E-state index in [9.17, 15) is 44.7 Å². The SMILES string of the molecule is O=C(O)C(CCCCl)c1ccc(F)cc1C(F)(F)F.O=C(O)Cc1ccc(F)cc1C(F)(F)F. The Labute approximate surface area is 192 Å². The lowest BCUT2D eigenvalue weighted by Gasteiger charge is -2.18. The fourth-order valence-electron chi connectivity index (χ4n) is 2.90. The Morgan fingerprint density at radius 3 is 1.79 bits per heavy atom. The zero-order chi connectivity index (χ0) is 26.3. The summed E-state index contributed by atoms with van der Waals surface area (Å²) in [5.74, 6) is -6.09. The van der Waals surface area contributed by atoms with Gasteiger partial charge < -0.3 is 10.2 Å². The van der Waals surface area contributed by atoms with Crippen molar-refractivity contribution in [1.29, 1.82) is 0 Å². The van der Waals surface area contributed by atoms with Crippen LogP contribution in [0, 0.1) is 11.6 Å². The summed E-state index contributed by atoms with van der Waals surface area (Å²) in [7, 11) is 0. The van der Waals surface area contributed by atoms with Crippen molar-refractivity contribution < 1.29 is 54.9 Å². The van der Waals surface area contributed by atoms with Crippen LogP contribution in [-0.2, 0) is 28.4 Å². The predicted molar refractivity (Wildman–Crippen MR) is 104 cm³/mol. The zero-order valence-electron chi connectivity index (χ0n) is 17.0. The van der Waals surface area contributed by atoms with E-state index in [4.69, 9.17) is 21.8 Å². The summed E-state index contributed by atoms with van der Waals surface area (Å²) in [6, 6.07) is 3.91. The molecule has 2 aromatic rings. The first-order valence-electron chi connectivity index (χ1n) is 9.30. The number of hydrogen-bond acceptors (Lipinski definition) is 2. The van der Waals surface area contributed by atoms with Crippen molar-refractivity contribution in [3.05, 3.63) is 70.3 Å². The molecule has 1 atom stereocenters. The molecule has 0 saturated heterocycles. The van der Waals surface area contributed by atoms with Crippen LogP contribution < -0.4 is 0 Å². The predicted octanol–water partition coefficient (Wildman–Crippen LogP) is 6.50. The molecule has 1 unspecified atom stereocenters. The summed E-state index contributed by atoms with van der Waals surface area (Å²) in [6.07, 6.45) is -10.1. The van der Waals surface area contributed by atoms with Crippen LogP contribution in [-0.4, -0.2) is 28.0 Å². The number of hydrogen-bond donors (Lipinski definition) is 2. The average molecular weight is 521 g/mol. The summed E-state index contributed by atoms with van der Waals surface area (Å²) >= 11 is 5.42. The van der Waals surface area contributed by atoms with Crippen LogP contribution in [0.5, 0.6) is 0 Å². The van der Waals surface area contributed by atoms with Gasteiger partial charge in [0.25, 0.3) is 0 Å². The molecule has 0 aliphatic rings. The molecule has 0 aromatic heterocycles. The normalized spacial score (nSPS) is 12.5. The van der Waals surface area contributed by atoms with Crippen LogP contribution in [0.25, 0.3) is 0 Å². The average Bonchev–Trinajstić information content (AvgIpc) is 2.69. The lowest BCUT2D eigenvalue weighted by molar-refractivity contribution is -0.142. The fraction of sp³-hybridized carbons (Fsp3) is 0.333. The molecule has 0 aliphatic carbocycles. The van der Waals surface area contributed by atoms with Gasteiger partial charge in [-0.2, -0.15) is 26.3 Å². The van der Waals surface area contributed by atoms with E-state index < -0.39 is 70.5 Å². The zero-order valence-corrected chi connectivity index (χ0v) is 17.7. The number of carboxylic acids is 2. The van der Waals surface area contributed by atoms with E-state index in [1.165, 1.54) is 0 Å². The van der Waals surface area contributed by atoms with Gasteiger partial charge in [0.2, 0.25) is 0 Å². The van der Waals surface area contributed by atoms with Crippen LogP contribution in [0.1, 0.15) is 41.0 Å². The minimum absolute atomic E-state index is 0.0342. The summed E-state index contributed by atoms with van der Waals surface area (Å²) in [5, 5.41) is 17.4. The smallest absolute Gasteiger partial charge is 0.416 e. The largest absolute Gasteiger partial charge is 0.481 e. The van der Waals surface area contributed by atoms with Gasteiger partial charge in [-0.15, -0.1) is 11.6 Å². The highest BCUT2D eigenvalue weighted by molar-refractivity contribution is 6.17. The molecule has 2 N–H and O–H groups in total. The van der Waals surface area contributed by atoms with Crippen LogP contribution >= 0.6 is 11.6 Å². The van der Waals surface area contributed by atoms with Gasteiger partial charge in [0.05, 0.1) is 23.5 Å². The first kappa shape index (κ1) is 29.1. The maximum absolute atomic E-state index is 12.9. The van der Waals surface area contributed by atoms with E-state index in [2.05, 4.69) is 0 Å². The lowest BCUT2D eigenvalue weighted by atomic mass is 9.90. The van der Waals surface area contributed by atoms with Gasteiger partial charge in [-0.25, -0.2) is 8.78 Å². The van der Waals surface area contributed by atoms with Gasteiger partial charge in [-0.1, -0.05) is 12.1 Å². The Morgan fingerprint density at radius 2 is 1.35 bits per heavy atom. The van der Waals surface area contributed by atoms with Crippen molar-refractivity contribution in [2.45, 2.75) is 37.5 Å².